The molecule has 0 aliphatic carbocycles. The highest BCUT2D eigenvalue weighted by molar-refractivity contribution is 5.94. The van der Waals surface area contributed by atoms with E-state index in [1.165, 1.54) is 12.0 Å². The summed E-state index contributed by atoms with van der Waals surface area (Å²) in [5.74, 6) is 4.77. The highest BCUT2D eigenvalue weighted by atomic mass is 16.5. The van der Waals surface area contributed by atoms with Crippen molar-refractivity contribution in [2.45, 2.75) is 13.3 Å². The van der Waals surface area contributed by atoms with Crippen molar-refractivity contribution in [3.05, 3.63) is 35.9 Å². The molecule has 0 saturated heterocycles. The molecule has 1 aromatic rings. The van der Waals surface area contributed by atoms with Gasteiger partial charge in [-0.25, -0.2) is 0 Å². The lowest BCUT2D eigenvalue weighted by Gasteiger charge is -2.16. The third-order valence-electron chi connectivity index (χ3n) is 2.57. The molecule has 1 rings (SSSR count). The average molecular weight is 259 g/mol. The predicted octanol–water partition coefficient (Wildman–Crippen LogP) is 1.45. The summed E-state index contributed by atoms with van der Waals surface area (Å²) in [7, 11) is 1.33. The number of amides is 1. The van der Waals surface area contributed by atoms with Gasteiger partial charge in [0.1, 0.15) is 0 Å². The van der Waals surface area contributed by atoms with E-state index in [1.807, 2.05) is 37.3 Å². The number of methoxy groups -OCH3 is 1. The van der Waals surface area contributed by atoms with Gasteiger partial charge in [0, 0.05) is 24.6 Å². The second-order valence-corrected chi connectivity index (χ2v) is 3.83. The molecule has 0 spiro atoms. The Hall–Kier alpha value is -2.28. The summed E-state index contributed by atoms with van der Waals surface area (Å²) < 4.78 is 4.54. The van der Waals surface area contributed by atoms with Crippen molar-refractivity contribution >= 4 is 11.9 Å². The molecule has 0 aliphatic rings. The zero-order chi connectivity index (χ0) is 14.1. The molecule has 0 aliphatic heterocycles. The summed E-state index contributed by atoms with van der Waals surface area (Å²) in [5, 5.41) is 0. The smallest absolute Gasteiger partial charge is 0.307 e. The Balaban J connectivity index is 2.60. The van der Waals surface area contributed by atoms with Crippen molar-refractivity contribution in [2.75, 3.05) is 20.2 Å². The lowest BCUT2D eigenvalue weighted by atomic mass is 10.2. The van der Waals surface area contributed by atoms with Crippen LogP contribution in [-0.4, -0.2) is 37.0 Å². The van der Waals surface area contributed by atoms with Gasteiger partial charge in [0.25, 0.3) is 5.91 Å². The maximum Gasteiger partial charge on any atom is 0.307 e. The Bertz CT molecular complexity index is 485. The Labute approximate surface area is 113 Å². The van der Waals surface area contributed by atoms with Crippen molar-refractivity contribution in [2.24, 2.45) is 0 Å². The zero-order valence-electron chi connectivity index (χ0n) is 11.2. The van der Waals surface area contributed by atoms with Crippen LogP contribution in [0.5, 0.6) is 0 Å². The molecule has 0 radical (unpaired) electrons. The van der Waals surface area contributed by atoms with Gasteiger partial charge in [-0.3, -0.25) is 9.59 Å². The van der Waals surface area contributed by atoms with E-state index in [9.17, 15) is 9.59 Å². The molecule has 0 N–H and O–H groups in total. The van der Waals surface area contributed by atoms with Crippen LogP contribution in [0, 0.1) is 11.8 Å². The van der Waals surface area contributed by atoms with Crippen molar-refractivity contribution in [1.29, 1.82) is 0 Å². The zero-order valence-corrected chi connectivity index (χ0v) is 11.2. The number of carbonyl (C=O) groups excluding carboxylic acids is 2. The number of carbonyl (C=O) groups is 2. The number of esters is 1. The Morgan fingerprint density at radius 3 is 2.53 bits per heavy atom. The average Bonchev–Trinajstić information content (AvgIpc) is 2.46. The fraction of sp³-hybridized carbons (Fsp3) is 0.333. The molecule has 0 fully saturated rings. The van der Waals surface area contributed by atoms with E-state index in [0.717, 1.165) is 5.56 Å². The monoisotopic (exact) mass is 259 g/mol. The molecule has 4 nitrogen and oxygen atoms in total. The third kappa shape index (κ3) is 5.26. The maximum atomic E-state index is 11.8. The third-order valence-corrected chi connectivity index (χ3v) is 2.57. The Morgan fingerprint density at radius 1 is 1.26 bits per heavy atom. The van der Waals surface area contributed by atoms with Gasteiger partial charge in [0.05, 0.1) is 13.5 Å². The van der Waals surface area contributed by atoms with Gasteiger partial charge in [-0.05, 0) is 19.1 Å². The number of hydrogen-bond acceptors (Lipinski definition) is 3. The molecule has 4 heteroatoms. The molecule has 0 atom stereocenters. The van der Waals surface area contributed by atoms with Crippen LogP contribution in [0.2, 0.25) is 0 Å². The van der Waals surface area contributed by atoms with Gasteiger partial charge in [0.15, 0.2) is 0 Å². The first-order chi connectivity index (χ1) is 9.17. The summed E-state index contributed by atoms with van der Waals surface area (Å²) in [4.78, 5) is 24.4. The molecule has 0 bridgehead atoms. The predicted molar refractivity (Wildman–Crippen MR) is 72.2 cm³/mol. The van der Waals surface area contributed by atoms with E-state index in [4.69, 9.17) is 0 Å². The Morgan fingerprint density at radius 2 is 1.95 bits per heavy atom. The van der Waals surface area contributed by atoms with Crippen molar-refractivity contribution < 1.29 is 14.3 Å². The first-order valence-electron chi connectivity index (χ1n) is 6.10. The SMILES string of the molecule is CCN(CCC(=O)OC)C(=O)C#Cc1ccccc1. The highest BCUT2D eigenvalue weighted by Crippen LogP contribution is 1.97. The first-order valence-corrected chi connectivity index (χ1v) is 6.10. The van der Waals surface area contributed by atoms with Gasteiger partial charge < -0.3 is 9.64 Å². The summed E-state index contributed by atoms with van der Waals surface area (Å²) in [6.45, 7) is 2.68. The Kier molecular flexibility index (Phi) is 6.17. The van der Waals surface area contributed by atoms with E-state index in [2.05, 4.69) is 16.6 Å². The molecule has 19 heavy (non-hydrogen) atoms. The summed E-state index contributed by atoms with van der Waals surface area (Å²) >= 11 is 0. The first kappa shape index (κ1) is 14.8. The highest BCUT2D eigenvalue weighted by Gasteiger charge is 2.11. The molecular formula is C15H17NO3. The van der Waals surface area contributed by atoms with Gasteiger partial charge in [-0.1, -0.05) is 24.1 Å². The molecular weight excluding hydrogens is 242 g/mol. The lowest BCUT2D eigenvalue weighted by molar-refractivity contribution is -0.141. The number of rotatable bonds is 4. The summed E-state index contributed by atoms with van der Waals surface area (Å²) in [5.41, 5.74) is 0.792. The van der Waals surface area contributed by atoms with Crippen molar-refractivity contribution in [1.82, 2.24) is 4.90 Å². The molecule has 0 saturated carbocycles. The number of hydrogen-bond donors (Lipinski definition) is 0. The van der Waals surface area contributed by atoms with Gasteiger partial charge >= 0.3 is 5.97 Å². The van der Waals surface area contributed by atoms with Crippen LogP contribution in [-0.2, 0) is 14.3 Å². The van der Waals surface area contributed by atoms with Crippen LogP contribution in [0.25, 0.3) is 0 Å². The fourth-order valence-corrected chi connectivity index (χ4v) is 1.46. The van der Waals surface area contributed by atoms with Crippen molar-refractivity contribution in [3.63, 3.8) is 0 Å². The van der Waals surface area contributed by atoms with E-state index in [-0.39, 0.29) is 18.3 Å². The quantitative estimate of drug-likeness (QED) is 0.607. The minimum Gasteiger partial charge on any atom is -0.469 e. The van der Waals surface area contributed by atoms with Crippen LogP contribution >= 0.6 is 0 Å². The van der Waals surface area contributed by atoms with Gasteiger partial charge in [0.2, 0.25) is 0 Å². The topological polar surface area (TPSA) is 46.6 Å². The number of ether oxygens (including phenoxy) is 1. The van der Waals surface area contributed by atoms with Crippen molar-refractivity contribution in [3.8, 4) is 11.8 Å². The molecule has 0 heterocycles. The van der Waals surface area contributed by atoms with E-state index in [0.29, 0.717) is 13.1 Å². The second kappa shape index (κ2) is 7.93. The van der Waals surface area contributed by atoms with E-state index >= 15 is 0 Å². The minimum atomic E-state index is -0.331. The molecule has 0 aromatic heterocycles. The van der Waals surface area contributed by atoms with Crippen LogP contribution in [0.15, 0.2) is 30.3 Å². The maximum absolute atomic E-state index is 11.8. The minimum absolute atomic E-state index is 0.184. The van der Waals surface area contributed by atoms with Gasteiger partial charge in [-0.15, -0.1) is 0 Å². The largest absolute Gasteiger partial charge is 0.469 e. The normalized spacial score (nSPS) is 9.16. The van der Waals surface area contributed by atoms with E-state index < -0.39 is 0 Å². The summed E-state index contributed by atoms with van der Waals surface area (Å²) in [6, 6.07) is 9.30. The fourth-order valence-electron chi connectivity index (χ4n) is 1.46. The molecule has 1 amide bonds. The summed E-state index contributed by atoms with van der Waals surface area (Å²) in [6.07, 6.45) is 0.184. The molecule has 0 unspecified atom stereocenters. The lowest BCUT2D eigenvalue weighted by Crippen LogP contribution is -2.31. The van der Waals surface area contributed by atoms with E-state index in [1.54, 1.807) is 0 Å². The molecule has 100 valence electrons. The standard InChI is InChI=1S/C15H17NO3/c1-3-16(12-11-15(18)19-2)14(17)10-9-13-7-5-4-6-8-13/h4-8H,3,11-12H2,1-2H3. The second-order valence-electron chi connectivity index (χ2n) is 3.83. The van der Waals surface area contributed by atoms with Gasteiger partial charge in [-0.2, -0.15) is 0 Å². The number of benzene rings is 1. The molecule has 1 aromatic carbocycles. The van der Waals surface area contributed by atoms with Crippen LogP contribution < -0.4 is 0 Å². The van der Waals surface area contributed by atoms with Crippen LogP contribution in [0.1, 0.15) is 18.9 Å². The van der Waals surface area contributed by atoms with Crippen LogP contribution in [0.4, 0.5) is 0 Å². The number of nitrogens with zero attached hydrogens (tertiary/aromatic N) is 1. The van der Waals surface area contributed by atoms with Crippen LogP contribution in [0.3, 0.4) is 0 Å².